The fraction of sp³-hybridized carbons (Fsp3) is 0.500. The van der Waals surface area contributed by atoms with E-state index >= 15 is 0 Å². The van der Waals surface area contributed by atoms with E-state index in [0.717, 1.165) is 21.7 Å². The highest BCUT2D eigenvalue weighted by atomic mass is 32.2. The molecule has 0 atom stereocenters. The van der Waals surface area contributed by atoms with Gasteiger partial charge in [-0.2, -0.15) is 4.31 Å². The average Bonchev–Trinajstić information content (AvgIpc) is 2.31. The number of nitrogen functional groups attached to an aromatic ring is 1. The summed E-state index contributed by atoms with van der Waals surface area (Å²) in [7, 11) is -5.60. The van der Waals surface area contributed by atoms with Gasteiger partial charge in [-0.1, -0.05) is 0 Å². The Bertz CT molecular complexity index is 686. The number of anilines is 1. The van der Waals surface area contributed by atoms with Gasteiger partial charge in [0.25, 0.3) is 0 Å². The van der Waals surface area contributed by atoms with Crippen LogP contribution in [0.25, 0.3) is 0 Å². The first-order valence-corrected chi connectivity index (χ1v) is 9.46. The van der Waals surface area contributed by atoms with E-state index in [0.29, 0.717) is 5.69 Å². The molecule has 0 aliphatic rings. The van der Waals surface area contributed by atoms with Gasteiger partial charge in [0.1, 0.15) is 9.84 Å². The molecule has 0 radical (unpaired) electrons. The van der Waals surface area contributed by atoms with E-state index in [1.165, 1.54) is 19.2 Å². The second-order valence-corrected chi connectivity index (χ2v) is 9.22. The molecule has 8 heteroatoms. The lowest BCUT2D eigenvalue weighted by atomic mass is 10.1. The molecule has 0 saturated carbocycles. The number of benzene rings is 1. The van der Waals surface area contributed by atoms with Crippen LogP contribution in [0.15, 0.2) is 17.0 Å². The molecule has 0 unspecified atom stereocenters. The van der Waals surface area contributed by atoms with Crippen LogP contribution in [0.5, 0.6) is 0 Å². The Labute approximate surface area is 120 Å². The molecule has 1 aromatic carbocycles. The molecular formula is C12H20N2O4S2. The number of sulfone groups is 1. The van der Waals surface area contributed by atoms with Gasteiger partial charge in [-0.25, -0.2) is 16.8 Å². The first-order valence-electron chi connectivity index (χ1n) is 5.96. The molecule has 0 aliphatic carbocycles. The lowest BCUT2D eigenvalue weighted by Gasteiger charge is -2.18. The molecule has 0 aliphatic heterocycles. The minimum atomic E-state index is -3.73. The van der Waals surface area contributed by atoms with Gasteiger partial charge in [-0.15, -0.1) is 0 Å². The zero-order valence-corrected chi connectivity index (χ0v) is 13.7. The Kier molecular flexibility index (Phi) is 4.83. The molecular weight excluding hydrogens is 300 g/mol. The van der Waals surface area contributed by atoms with Crippen LogP contribution in [0.2, 0.25) is 0 Å². The molecule has 20 heavy (non-hydrogen) atoms. The lowest BCUT2D eigenvalue weighted by molar-refractivity contribution is 0.485. The second-order valence-electron chi connectivity index (χ2n) is 4.91. The summed E-state index contributed by atoms with van der Waals surface area (Å²) in [4.78, 5) is 0.0779. The molecule has 1 rings (SSSR count). The second kappa shape index (κ2) is 5.71. The fourth-order valence-electron chi connectivity index (χ4n) is 1.60. The van der Waals surface area contributed by atoms with Crippen molar-refractivity contribution in [2.75, 3.05) is 31.3 Å². The Hall–Kier alpha value is -1.12. The molecule has 6 nitrogen and oxygen atoms in total. The topological polar surface area (TPSA) is 97.5 Å². The SMILES string of the molecule is Cc1cc(S(=O)(=O)N(C)CCS(C)(=O)=O)cc(N)c1C. The Morgan fingerprint density at radius 2 is 1.70 bits per heavy atom. The summed E-state index contributed by atoms with van der Waals surface area (Å²) in [6, 6.07) is 2.94. The molecule has 0 heterocycles. The molecule has 0 spiro atoms. The van der Waals surface area contributed by atoms with Crippen LogP contribution < -0.4 is 5.73 Å². The number of sulfonamides is 1. The van der Waals surface area contributed by atoms with E-state index in [1.54, 1.807) is 6.92 Å². The lowest BCUT2D eigenvalue weighted by Crippen LogP contribution is -2.31. The van der Waals surface area contributed by atoms with E-state index in [4.69, 9.17) is 5.73 Å². The molecule has 0 aromatic heterocycles. The summed E-state index contributed by atoms with van der Waals surface area (Å²) < 4.78 is 47.9. The standard InChI is InChI=1S/C12H20N2O4S2/c1-9-7-11(8-12(13)10(9)2)20(17,18)14(3)5-6-19(4,15)16/h7-8H,5-6,13H2,1-4H3. The number of nitrogens with two attached hydrogens (primary N) is 1. The van der Waals surface area contributed by atoms with Gasteiger partial charge in [0.05, 0.1) is 10.6 Å². The maximum absolute atomic E-state index is 12.3. The van der Waals surface area contributed by atoms with E-state index in [9.17, 15) is 16.8 Å². The van der Waals surface area contributed by atoms with E-state index in [2.05, 4.69) is 0 Å². The van der Waals surface area contributed by atoms with Gasteiger partial charge in [0.2, 0.25) is 10.0 Å². The fourth-order valence-corrected chi connectivity index (χ4v) is 3.61. The summed E-state index contributed by atoms with van der Waals surface area (Å²) >= 11 is 0. The zero-order valence-electron chi connectivity index (χ0n) is 12.0. The van der Waals surface area contributed by atoms with Crippen molar-refractivity contribution < 1.29 is 16.8 Å². The van der Waals surface area contributed by atoms with Gasteiger partial charge >= 0.3 is 0 Å². The quantitative estimate of drug-likeness (QED) is 0.799. The zero-order chi connectivity index (χ0) is 15.7. The van der Waals surface area contributed by atoms with Crippen LogP contribution in [0.1, 0.15) is 11.1 Å². The third-order valence-electron chi connectivity index (χ3n) is 3.17. The number of hydrogen-bond acceptors (Lipinski definition) is 5. The van der Waals surface area contributed by atoms with Crippen molar-refractivity contribution in [1.82, 2.24) is 4.31 Å². The van der Waals surface area contributed by atoms with Crippen molar-refractivity contribution in [2.45, 2.75) is 18.7 Å². The van der Waals surface area contributed by atoms with Gasteiger partial charge in [0, 0.05) is 25.5 Å². The van der Waals surface area contributed by atoms with Crippen molar-refractivity contribution in [1.29, 1.82) is 0 Å². The van der Waals surface area contributed by atoms with Crippen LogP contribution in [0, 0.1) is 13.8 Å². The number of nitrogens with zero attached hydrogens (tertiary/aromatic N) is 1. The molecule has 114 valence electrons. The molecule has 2 N–H and O–H groups in total. The third kappa shape index (κ3) is 3.94. The molecule has 0 amide bonds. The number of aryl methyl sites for hydroxylation is 1. The van der Waals surface area contributed by atoms with Gasteiger partial charge in [0.15, 0.2) is 0 Å². The van der Waals surface area contributed by atoms with Crippen LogP contribution in [-0.4, -0.2) is 46.7 Å². The monoisotopic (exact) mass is 320 g/mol. The van der Waals surface area contributed by atoms with Gasteiger partial charge < -0.3 is 5.73 Å². The van der Waals surface area contributed by atoms with Gasteiger partial charge in [-0.05, 0) is 37.1 Å². The highest BCUT2D eigenvalue weighted by molar-refractivity contribution is 7.91. The summed E-state index contributed by atoms with van der Waals surface area (Å²) in [5.74, 6) is -0.219. The van der Waals surface area contributed by atoms with Crippen LogP contribution >= 0.6 is 0 Å². The van der Waals surface area contributed by atoms with E-state index in [1.807, 2.05) is 6.92 Å². The Balaban J connectivity index is 3.11. The average molecular weight is 320 g/mol. The Morgan fingerprint density at radius 1 is 1.15 bits per heavy atom. The number of hydrogen-bond donors (Lipinski definition) is 1. The normalized spacial score (nSPS) is 12.8. The van der Waals surface area contributed by atoms with Gasteiger partial charge in [-0.3, -0.25) is 0 Å². The minimum absolute atomic E-state index is 0.0779. The molecule has 0 saturated heterocycles. The van der Waals surface area contributed by atoms with Crippen molar-refractivity contribution in [2.24, 2.45) is 0 Å². The summed E-state index contributed by atoms with van der Waals surface area (Å²) in [5, 5.41) is 0. The molecule has 0 bridgehead atoms. The van der Waals surface area contributed by atoms with Crippen LogP contribution in [-0.2, 0) is 19.9 Å². The first kappa shape index (κ1) is 16.9. The van der Waals surface area contributed by atoms with Crippen molar-refractivity contribution in [3.63, 3.8) is 0 Å². The highest BCUT2D eigenvalue weighted by Crippen LogP contribution is 2.23. The van der Waals surface area contributed by atoms with E-state index in [-0.39, 0.29) is 17.2 Å². The minimum Gasteiger partial charge on any atom is -0.398 e. The first-order chi connectivity index (χ1) is 8.95. The number of rotatable bonds is 5. The summed E-state index contributed by atoms with van der Waals surface area (Å²) in [6.45, 7) is 3.50. The van der Waals surface area contributed by atoms with Crippen molar-refractivity contribution in [3.8, 4) is 0 Å². The maximum Gasteiger partial charge on any atom is 0.242 e. The molecule has 1 aromatic rings. The van der Waals surface area contributed by atoms with Crippen molar-refractivity contribution >= 4 is 25.5 Å². The van der Waals surface area contributed by atoms with Crippen LogP contribution in [0.4, 0.5) is 5.69 Å². The maximum atomic E-state index is 12.3. The summed E-state index contributed by atoms with van der Waals surface area (Å²) in [6.07, 6.45) is 1.07. The highest BCUT2D eigenvalue weighted by Gasteiger charge is 2.22. The largest absolute Gasteiger partial charge is 0.398 e. The van der Waals surface area contributed by atoms with Crippen LogP contribution in [0.3, 0.4) is 0 Å². The predicted octanol–water partition coefficient (Wildman–Crippen LogP) is 0.551. The third-order valence-corrected chi connectivity index (χ3v) is 5.92. The predicted molar refractivity (Wildman–Crippen MR) is 79.9 cm³/mol. The smallest absolute Gasteiger partial charge is 0.242 e. The Morgan fingerprint density at radius 3 is 2.15 bits per heavy atom. The molecule has 0 fully saturated rings. The van der Waals surface area contributed by atoms with Crippen molar-refractivity contribution in [3.05, 3.63) is 23.3 Å². The summed E-state index contributed by atoms with van der Waals surface area (Å²) in [5.41, 5.74) is 7.80. The van der Waals surface area contributed by atoms with E-state index < -0.39 is 19.9 Å².